The van der Waals surface area contributed by atoms with Crippen LogP contribution in [0.4, 0.5) is 0 Å². The van der Waals surface area contributed by atoms with Crippen LogP contribution < -0.4 is 4.74 Å². The number of fused-ring (bicyclic) bond motifs is 1. The standard InChI is InChI=1S/C11H10N2O2/c1-7(14)10-8-4-3-5-9(15-2)11(8)13-6-12-10/h3-6H,1-2H3. The number of carbonyl (C=O) groups excluding carboxylic acids is 1. The second kappa shape index (κ2) is 3.65. The summed E-state index contributed by atoms with van der Waals surface area (Å²) in [5.41, 5.74) is 1.10. The molecule has 0 atom stereocenters. The van der Waals surface area contributed by atoms with Crippen molar-refractivity contribution in [1.29, 1.82) is 0 Å². The van der Waals surface area contributed by atoms with E-state index in [-0.39, 0.29) is 5.78 Å². The Morgan fingerprint density at radius 3 is 2.80 bits per heavy atom. The predicted molar refractivity (Wildman–Crippen MR) is 56.1 cm³/mol. The zero-order valence-corrected chi connectivity index (χ0v) is 8.52. The summed E-state index contributed by atoms with van der Waals surface area (Å²) in [5.74, 6) is 0.577. The van der Waals surface area contributed by atoms with E-state index >= 15 is 0 Å². The Kier molecular flexibility index (Phi) is 2.33. The highest BCUT2D eigenvalue weighted by molar-refractivity contribution is 6.05. The van der Waals surface area contributed by atoms with Gasteiger partial charge in [0.05, 0.1) is 7.11 Å². The molecule has 2 rings (SSSR count). The first-order valence-electron chi connectivity index (χ1n) is 4.52. The summed E-state index contributed by atoms with van der Waals surface area (Å²) in [4.78, 5) is 19.4. The van der Waals surface area contributed by atoms with Crippen LogP contribution in [0.1, 0.15) is 17.4 Å². The minimum atomic E-state index is -0.0735. The molecule has 4 heteroatoms. The summed E-state index contributed by atoms with van der Waals surface area (Å²) >= 11 is 0. The summed E-state index contributed by atoms with van der Waals surface area (Å²) in [6.07, 6.45) is 1.38. The fourth-order valence-electron chi connectivity index (χ4n) is 1.51. The number of benzene rings is 1. The summed E-state index contributed by atoms with van der Waals surface area (Å²) in [6.45, 7) is 1.49. The zero-order valence-electron chi connectivity index (χ0n) is 8.52. The second-order valence-corrected chi connectivity index (χ2v) is 3.13. The Labute approximate surface area is 86.9 Å². The molecule has 0 saturated heterocycles. The first kappa shape index (κ1) is 9.58. The fraction of sp³-hybridized carbons (Fsp3) is 0.182. The van der Waals surface area contributed by atoms with E-state index in [0.717, 1.165) is 5.39 Å². The maximum absolute atomic E-state index is 11.3. The molecule has 0 fully saturated rings. The van der Waals surface area contributed by atoms with E-state index < -0.39 is 0 Å². The van der Waals surface area contributed by atoms with Crippen LogP contribution in [0.2, 0.25) is 0 Å². The van der Waals surface area contributed by atoms with Gasteiger partial charge in [-0.3, -0.25) is 4.79 Å². The summed E-state index contributed by atoms with van der Waals surface area (Å²) in [7, 11) is 1.57. The monoisotopic (exact) mass is 202 g/mol. The zero-order chi connectivity index (χ0) is 10.8. The van der Waals surface area contributed by atoms with Gasteiger partial charge in [0.15, 0.2) is 5.78 Å². The number of aromatic nitrogens is 2. The molecule has 0 saturated carbocycles. The van der Waals surface area contributed by atoms with Gasteiger partial charge in [0.2, 0.25) is 0 Å². The van der Waals surface area contributed by atoms with Crippen molar-refractivity contribution in [2.45, 2.75) is 6.92 Å². The van der Waals surface area contributed by atoms with Gasteiger partial charge in [-0.15, -0.1) is 0 Å². The molecular formula is C11H10N2O2. The van der Waals surface area contributed by atoms with Crippen LogP contribution >= 0.6 is 0 Å². The number of ether oxygens (including phenoxy) is 1. The molecule has 0 aliphatic heterocycles. The molecule has 2 aromatic rings. The normalized spacial score (nSPS) is 10.3. The van der Waals surface area contributed by atoms with Crippen LogP contribution in [0.5, 0.6) is 5.75 Å². The van der Waals surface area contributed by atoms with Gasteiger partial charge in [0.1, 0.15) is 23.3 Å². The first-order valence-corrected chi connectivity index (χ1v) is 4.52. The van der Waals surface area contributed by atoms with E-state index in [9.17, 15) is 4.79 Å². The molecule has 0 radical (unpaired) electrons. The van der Waals surface area contributed by atoms with Crippen molar-refractivity contribution < 1.29 is 9.53 Å². The van der Waals surface area contributed by atoms with Gasteiger partial charge in [0, 0.05) is 12.3 Å². The lowest BCUT2D eigenvalue weighted by molar-refractivity contribution is 0.101. The Balaban J connectivity index is 2.82. The third-order valence-electron chi connectivity index (χ3n) is 2.18. The number of Topliss-reactive ketones (excluding diaryl/α,β-unsaturated/α-hetero) is 1. The SMILES string of the molecule is COc1cccc2c(C(C)=O)ncnc12. The number of methoxy groups -OCH3 is 1. The maximum Gasteiger partial charge on any atom is 0.178 e. The van der Waals surface area contributed by atoms with Crippen molar-refractivity contribution in [3.63, 3.8) is 0 Å². The number of para-hydroxylation sites is 1. The summed E-state index contributed by atoms with van der Waals surface area (Å²) < 4.78 is 5.16. The van der Waals surface area contributed by atoms with Crippen molar-refractivity contribution >= 4 is 16.7 Å². The summed E-state index contributed by atoms with van der Waals surface area (Å²) in [6, 6.07) is 5.44. The van der Waals surface area contributed by atoms with Crippen LogP contribution in [0.15, 0.2) is 24.5 Å². The minimum absolute atomic E-state index is 0.0735. The van der Waals surface area contributed by atoms with Crippen LogP contribution in [0.3, 0.4) is 0 Å². The van der Waals surface area contributed by atoms with Crippen molar-refractivity contribution in [3.8, 4) is 5.75 Å². The average molecular weight is 202 g/mol. The molecule has 15 heavy (non-hydrogen) atoms. The van der Waals surface area contributed by atoms with Crippen LogP contribution in [0, 0.1) is 0 Å². The van der Waals surface area contributed by atoms with Crippen LogP contribution in [0.25, 0.3) is 10.9 Å². The second-order valence-electron chi connectivity index (χ2n) is 3.13. The lowest BCUT2D eigenvalue weighted by Gasteiger charge is -2.05. The third-order valence-corrected chi connectivity index (χ3v) is 2.18. The third kappa shape index (κ3) is 1.54. The molecule has 0 amide bonds. The lowest BCUT2D eigenvalue weighted by atomic mass is 10.1. The summed E-state index contributed by atoms with van der Waals surface area (Å²) in [5, 5.41) is 0.726. The van der Waals surface area contributed by atoms with E-state index in [1.54, 1.807) is 13.2 Å². The van der Waals surface area contributed by atoms with E-state index in [1.165, 1.54) is 13.3 Å². The van der Waals surface area contributed by atoms with E-state index in [1.807, 2.05) is 12.1 Å². The molecule has 1 heterocycles. The van der Waals surface area contributed by atoms with Gasteiger partial charge in [0.25, 0.3) is 0 Å². The topological polar surface area (TPSA) is 52.1 Å². The minimum Gasteiger partial charge on any atom is -0.494 e. The lowest BCUT2D eigenvalue weighted by Crippen LogP contribution is -1.99. The Morgan fingerprint density at radius 2 is 2.13 bits per heavy atom. The number of carbonyl (C=O) groups is 1. The number of rotatable bonds is 2. The Morgan fingerprint density at radius 1 is 1.33 bits per heavy atom. The molecule has 1 aromatic carbocycles. The highest BCUT2D eigenvalue weighted by atomic mass is 16.5. The smallest absolute Gasteiger partial charge is 0.178 e. The van der Waals surface area contributed by atoms with Gasteiger partial charge in [-0.1, -0.05) is 12.1 Å². The molecule has 4 nitrogen and oxygen atoms in total. The van der Waals surface area contributed by atoms with Crippen molar-refractivity contribution in [1.82, 2.24) is 9.97 Å². The molecule has 1 aromatic heterocycles. The van der Waals surface area contributed by atoms with Gasteiger partial charge in [-0.25, -0.2) is 9.97 Å². The van der Waals surface area contributed by atoms with Crippen molar-refractivity contribution in [2.75, 3.05) is 7.11 Å². The molecule has 0 aliphatic carbocycles. The van der Waals surface area contributed by atoms with E-state index in [0.29, 0.717) is 17.0 Å². The fourth-order valence-corrected chi connectivity index (χ4v) is 1.51. The molecule has 76 valence electrons. The number of hydrogen-bond donors (Lipinski definition) is 0. The largest absolute Gasteiger partial charge is 0.494 e. The van der Waals surface area contributed by atoms with Gasteiger partial charge in [-0.2, -0.15) is 0 Å². The van der Waals surface area contributed by atoms with Gasteiger partial charge < -0.3 is 4.74 Å². The highest BCUT2D eigenvalue weighted by Gasteiger charge is 2.10. The van der Waals surface area contributed by atoms with Crippen molar-refractivity contribution in [3.05, 3.63) is 30.2 Å². The molecule has 0 bridgehead atoms. The van der Waals surface area contributed by atoms with Crippen LogP contribution in [-0.4, -0.2) is 22.9 Å². The van der Waals surface area contributed by atoms with Gasteiger partial charge in [-0.05, 0) is 6.07 Å². The first-order chi connectivity index (χ1) is 7.24. The molecular weight excluding hydrogens is 192 g/mol. The van der Waals surface area contributed by atoms with Crippen molar-refractivity contribution in [2.24, 2.45) is 0 Å². The van der Waals surface area contributed by atoms with E-state index in [2.05, 4.69) is 9.97 Å². The number of hydrogen-bond acceptors (Lipinski definition) is 4. The average Bonchev–Trinajstić information content (AvgIpc) is 2.27. The van der Waals surface area contributed by atoms with Gasteiger partial charge >= 0.3 is 0 Å². The quantitative estimate of drug-likeness (QED) is 0.697. The highest BCUT2D eigenvalue weighted by Crippen LogP contribution is 2.24. The Hall–Kier alpha value is -1.97. The number of ketones is 1. The molecule has 0 aliphatic rings. The Bertz CT molecular complexity index is 523. The molecule has 0 spiro atoms. The van der Waals surface area contributed by atoms with E-state index in [4.69, 9.17) is 4.74 Å². The molecule has 0 N–H and O–H groups in total. The van der Waals surface area contributed by atoms with Crippen LogP contribution in [-0.2, 0) is 0 Å². The maximum atomic E-state index is 11.3. The molecule has 0 unspecified atom stereocenters. The number of nitrogens with zero attached hydrogens (tertiary/aromatic N) is 2. The predicted octanol–water partition coefficient (Wildman–Crippen LogP) is 1.84.